The number of benzene rings is 3. The van der Waals surface area contributed by atoms with E-state index in [0.717, 1.165) is 26.2 Å². The summed E-state index contributed by atoms with van der Waals surface area (Å²) in [7, 11) is 0. The first-order valence-corrected chi connectivity index (χ1v) is 16.6. The number of carbonyl (C=O) groups excluding carboxylic acids is 3. The Bertz CT molecular complexity index is 1660. The predicted molar refractivity (Wildman–Crippen MR) is 180 cm³/mol. The zero-order valence-electron chi connectivity index (χ0n) is 27.4. The third-order valence-corrected chi connectivity index (χ3v) is 9.89. The Kier molecular flexibility index (Phi) is 13.3. The minimum atomic E-state index is -1.31. The SMILES string of the molecule is Cc1onc(-c2ccccc2Cl)c1C(=O)NC1C(=O)N2C1SC(C)(C)C2C(=O)[O-].[Na+].c1ccc(CNCCNCc2ccccc2)cc1. The molecule has 0 spiro atoms. The molecule has 0 saturated carbocycles. The van der Waals surface area contributed by atoms with Crippen LogP contribution in [0.1, 0.15) is 41.1 Å². The largest absolute Gasteiger partial charge is 1.00 e. The summed E-state index contributed by atoms with van der Waals surface area (Å²) in [6, 6.07) is 26.0. The molecule has 3 heterocycles. The van der Waals surface area contributed by atoms with Crippen LogP contribution in [0.3, 0.4) is 0 Å². The summed E-state index contributed by atoms with van der Waals surface area (Å²) in [6.45, 7) is 8.92. The number of carboxylic acids is 1. The molecule has 3 N–H and O–H groups in total. The predicted octanol–water partition coefficient (Wildman–Crippen LogP) is 0.784. The van der Waals surface area contributed by atoms with Gasteiger partial charge in [-0.3, -0.25) is 9.59 Å². The summed E-state index contributed by atoms with van der Waals surface area (Å²) in [5.41, 5.74) is 3.66. The normalized spacial score (nSPS) is 18.9. The number of amides is 2. The van der Waals surface area contributed by atoms with Crippen molar-refractivity contribution in [2.75, 3.05) is 13.1 Å². The fourth-order valence-corrected chi connectivity index (χ4v) is 7.50. The number of aromatic nitrogens is 1. The number of nitrogens with zero attached hydrogens (tertiary/aromatic N) is 2. The van der Waals surface area contributed by atoms with Crippen molar-refractivity contribution in [3.05, 3.63) is 112 Å². The topological polar surface area (TPSA) is 140 Å². The molecule has 2 amide bonds. The number of halogens is 1. The van der Waals surface area contributed by atoms with Gasteiger partial charge in [0.1, 0.15) is 28.4 Å². The Morgan fingerprint density at radius 1 is 0.938 bits per heavy atom. The molecule has 246 valence electrons. The number of hydrogen-bond donors (Lipinski definition) is 3. The number of nitrogens with one attached hydrogen (secondary N) is 3. The van der Waals surface area contributed by atoms with E-state index in [4.69, 9.17) is 16.1 Å². The van der Waals surface area contributed by atoms with Crippen molar-refractivity contribution in [3.8, 4) is 11.3 Å². The van der Waals surface area contributed by atoms with Gasteiger partial charge < -0.3 is 35.3 Å². The molecule has 4 aromatic rings. The van der Waals surface area contributed by atoms with Crippen LogP contribution in [0, 0.1) is 6.92 Å². The second kappa shape index (κ2) is 17.0. The number of carbonyl (C=O) groups is 3. The van der Waals surface area contributed by atoms with E-state index in [-0.39, 0.29) is 46.6 Å². The molecule has 3 unspecified atom stereocenters. The first kappa shape index (κ1) is 37.7. The van der Waals surface area contributed by atoms with Gasteiger partial charge in [0.25, 0.3) is 5.91 Å². The average Bonchev–Trinajstić information content (AvgIpc) is 3.57. The molecular weight excluding hydrogens is 661 g/mol. The quantitative estimate of drug-likeness (QED) is 0.118. The van der Waals surface area contributed by atoms with Crippen molar-refractivity contribution in [3.63, 3.8) is 0 Å². The molecule has 2 aliphatic heterocycles. The van der Waals surface area contributed by atoms with Gasteiger partial charge in [-0.25, -0.2) is 0 Å². The standard InChI is InChI=1S/C19H18ClN3O5S.C16H20N2.Na/c1-8-11(12(22-28-8)9-6-4-5-7-10(9)20)15(24)21-13-16(25)23-14(18(26)27)19(2,3)29-17(13)23;1-3-7-15(8-4-1)13-17-11-12-18-14-16-9-5-2-6-10-16;/h4-7,13-14,17H,1-3H3,(H,21,24)(H,26,27);1-10,17-18H,11-14H2;/q;;+1/p-1. The fraction of sp³-hybridized carbons (Fsp3) is 0.314. The maximum Gasteiger partial charge on any atom is 1.00 e. The Morgan fingerprint density at radius 2 is 1.48 bits per heavy atom. The molecule has 2 aliphatic rings. The molecule has 0 radical (unpaired) electrons. The van der Waals surface area contributed by atoms with E-state index < -0.39 is 40.0 Å². The molecule has 48 heavy (non-hydrogen) atoms. The number of rotatable bonds is 11. The van der Waals surface area contributed by atoms with Crippen molar-refractivity contribution in [2.45, 2.75) is 56.1 Å². The molecule has 3 atom stereocenters. The molecule has 13 heteroatoms. The van der Waals surface area contributed by atoms with E-state index in [1.807, 2.05) is 12.1 Å². The van der Waals surface area contributed by atoms with Crippen LogP contribution in [0.4, 0.5) is 0 Å². The Morgan fingerprint density at radius 3 is 2.02 bits per heavy atom. The van der Waals surface area contributed by atoms with Crippen molar-refractivity contribution < 1.29 is 53.6 Å². The number of carboxylic acid groups (broad SMARTS) is 1. The van der Waals surface area contributed by atoms with E-state index in [1.165, 1.54) is 27.8 Å². The minimum absolute atomic E-state index is 0. The summed E-state index contributed by atoms with van der Waals surface area (Å²) in [4.78, 5) is 38.3. The zero-order valence-corrected chi connectivity index (χ0v) is 30.9. The second-order valence-electron chi connectivity index (χ2n) is 11.8. The van der Waals surface area contributed by atoms with E-state index in [2.05, 4.69) is 69.6 Å². The van der Waals surface area contributed by atoms with Crippen molar-refractivity contribution in [1.82, 2.24) is 26.0 Å². The molecule has 10 nitrogen and oxygen atoms in total. The van der Waals surface area contributed by atoms with E-state index >= 15 is 0 Å². The summed E-state index contributed by atoms with van der Waals surface area (Å²) in [5.74, 6) is -2.01. The number of aryl methyl sites for hydroxylation is 1. The van der Waals surface area contributed by atoms with Crippen molar-refractivity contribution in [2.24, 2.45) is 0 Å². The fourth-order valence-electron chi connectivity index (χ4n) is 5.65. The molecule has 3 aromatic carbocycles. The average molecular weight is 698 g/mol. The van der Waals surface area contributed by atoms with Crippen LogP contribution in [0.5, 0.6) is 0 Å². The summed E-state index contributed by atoms with van der Waals surface area (Å²) in [5, 5.41) is 24.9. The van der Waals surface area contributed by atoms with Crippen LogP contribution in [-0.2, 0) is 22.7 Å². The molecule has 6 rings (SSSR count). The van der Waals surface area contributed by atoms with Gasteiger partial charge in [0, 0.05) is 36.5 Å². The van der Waals surface area contributed by atoms with Gasteiger partial charge in [-0.1, -0.05) is 95.6 Å². The van der Waals surface area contributed by atoms with Gasteiger partial charge in [0.05, 0.1) is 17.0 Å². The number of hydrogen-bond acceptors (Lipinski definition) is 9. The maximum absolute atomic E-state index is 13.0. The third kappa shape index (κ3) is 8.70. The van der Waals surface area contributed by atoms with Gasteiger partial charge in [0.15, 0.2) is 0 Å². The monoisotopic (exact) mass is 697 g/mol. The van der Waals surface area contributed by atoms with Crippen LogP contribution in [0.15, 0.2) is 89.5 Å². The summed E-state index contributed by atoms with van der Waals surface area (Å²) < 4.78 is 4.47. The van der Waals surface area contributed by atoms with Crippen LogP contribution in [0.2, 0.25) is 5.02 Å². The Balaban J connectivity index is 0.000000236. The van der Waals surface area contributed by atoms with Crippen LogP contribution >= 0.6 is 23.4 Å². The number of aliphatic carboxylic acids is 1. The number of thioether (sulfide) groups is 1. The van der Waals surface area contributed by atoms with E-state index in [9.17, 15) is 19.5 Å². The smallest absolute Gasteiger partial charge is 0.548 e. The van der Waals surface area contributed by atoms with Crippen LogP contribution in [-0.4, -0.2) is 63.1 Å². The second-order valence-corrected chi connectivity index (χ2v) is 14.0. The van der Waals surface area contributed by atoms with Crippen molar-refractivity contribution in [1.29, 1.82) is 0 Å². The summed E-state index contributed by atoms with van der Waals surface area (Å²) in [6.07, 6.45) is 0. The maximum atomic E-state index is 13.0. The molecule has 2 fully saturated rings. The number of β-lactam (4-membered cyclic amide) rings is 1. The summed E-state index contributed by atoms with van der Waals surface area (Å²) >= 11 is 7.54. The molecule has 1 aromatic heterocycles. The minimum Gasteiger partial charge on any atom is -0.548 e. The van der Waals surface area contributed by atoms with Gasteiger partial charge >= 0.3 is 29.6 Å². The van der Waals surface area contributed by atoms with E-state index in [0.29, 0.717) is 10.6 Å². The van der Waals surface area contributed by atoms with Gasteiger partial charge in [0.2, 0.25) is 5.91 Å². The van der Waals surface area contributed by atoms with Gasteiger partial charge in [-0.05, 0) is 38.0 Å². The zero-order chi connectivity index (χ0) is 33.6. The first-order chi connectivity index (χ1) is 22.6. The van der Waals surface area contributed by atoms with Gasteiger partial charge in [-0.2, -0.15) is 0 Å². The molecule has 0 aliphatic carbocycles. The third-order valence-electron chi connectivity index (χ3n) is 7.99. The van der Waals surface area contributed by atoms with Crippen LogP contribution < -0.4 is 50.6 Å². The molecular formula is C35H37ClN5NaO5S. The van der Waals surface area contributed by atoms with Crippen molar-refractivity contribution >= 4 is 41.1 Å². The first-order valence-electron chi connectivity index (χ1n) is 15.3. The number of fused-ring (bicyclic) bond motifs is 1. The Hall–Kier alpha value is -3.16. The molecule has 0 bridgehead atoms. The van der Waals surface area contributed by atoms with Crippen LogP contribution in [0.25, 0.3) is 11.3 Å². The molecule has 2 saturated heterocycles. The Labute approximate surface area is 311 Å². The van der Waals surface area contributed by atoms with E-state index in [1.54, 1.807) is 45.0 Å². The van der Waals surface area contributed by atoms with Gasteiger partial charge in [-0.15, -0.1) is 11.8 Å².